The number of aromatic nitrogens is 1. The fourth-order valence-electron chi connectivity index (χ4n) is 3.05. The second-order valence-electron chi connectivity index (χ2n) is 6.34. The first-order valence-corrected chi connectivity index (χ1v) is 11.0. The Hall–Kier alpha value is -1.42. The molecule has 29 heavy (non-hydrogen) atoms. The Labute approximate surface area is 188 Å². The van der Waals surface area contributed by atoms with Gasteiger partial charge in [-0.2, -0.15) is 0 Å². The fraction of sp³-hybridized carbons (Fsp3) is 0.368. The van der Waals surface area contributed by atoms with Crippen LogP contribution in [0.4, 0.5) is 5.13 Å². The molecule has 0 N–H and O–H groups in total. The maximum absolute atomic E-state index is 13.2. The van der Waals surface area contributed by atoms with E-state index in [0.29, 0.717) is 20.9 Å². The molecule has 3 aromatic rings. The molecule has 1 aromatic carbocycles. The lowest BCUT2D eigenvalue weighted by Gasteiger charge is -2.29. The number of hydrogen-bond donors (Lipinski definition) is 0. The molecule has 156 valence electrons. The van der Waals surface area contributed by atoms with Crippen molar-refractivity contribution in [1.82, 2.24) is 9.88 Å². The molecule has 1 amide bonds. The minimum absolute atomic E-state index is 0. The number of amides is 1. The van der Waals surface area contributed by atoms with Crippen LogP contribution in [0.5, 0.6) is 5.75 Å². The number of benzene rings is 1. The first-order valence-electron chi connectivity index (χ1n) is 8.96. The fourth-order valence-corrected chi connectivity index (χ4v) is 5.06. The Morgan fingerprint density at radius 3 is 2.76 bits per heavy atom. The summed E-state index contributed by atoms with van der Waals surface area (Å²) < 4.78 is 12.3. The molecular formula is C19H21Cl2N3O3S2. The third-order valence-corrected chi connectivity index (χ3v) is 6.85. The number of methoxy groups -OCH3 is 1. The van der Waals surface area contributed by atoms with Gasteiger partial charge in [0.2, 0.25) is 0 Å². The highest BCUT2D eigenvalue weighted by molar-refractivity contribution is 7.22. The predicted octanol–water partition coefficient (Wildman–Crippen LogP) is 4.42. The molecule has 1 aliphatic heterocycles. The minimum Gasteiger partial charge on any atom is -0.497 e. The van der Waals surface area contributed by atoms with Crippen LogP contribution in [-0.2, 0) is 4.74 Å². The molecule has 0 bridgehead atoms. The zero-order chi connectivity index (χ0) is 19.5. The summed E-state index contributed by atoms with van der Waals surface area (Å²) in [7, 11) is 1.64. The van der Waals surface area contributed by atoms with Crippen LogP contribution in [0.2, 0.25) is 4.34 Å². The van der Waals surface area contributed by atoms with Crippen LogP contribution in [0.3, 0.4) is 0 Å². The molecule has 0 spiro atoms. The Balaban J connectivity index is 0.00000240. The summed E-state index contributed by atoms with van der Waals surface area (Å²) in [6, 6.07) is 9.27. The number of anilines is 1. The summed E-state index contributed by atoms with van der Waals surface area (Å²) in [5.74, 6) is 0.704. The summed E-state index contributed by atoms with van der Waals surface area (Å²) in [4.78, 5) is 22.6. The van der Waals surface area contributed by atoms with Gasteiger partial charge in [0.1, 0.15) is 5.75 Å². The topological polar surface area (TPSA) is 54.9 Å². The van der Waals surface area contributed by atoms with Gasteiger partial charge in [-0.05, 0) is 30.3 Å². The molecule has 0 aliphatic carbocycles. The number of rotatable bonds is 6. The Bertz CT molecular complexity index is 973. The molecular weight excluding hydrogens is 453 g/mol. The predicted molar refractivity (Wildman–Crippen MR) is 122 cm³/mol. The van der Waals surface area contributed by atoms with Crippen LogP contribution in [0, 0.1) is 0 Å². The van der Waals surface area contributed by atoms with Crippen LogP contribution in [0.1, 0.15) is 9.67 Å². The molecule has 10 heteroatoms. The largest absolute Gasteiger partial charge is 0.497 e. The van der Waals surface area contributed by atoms with Crippen molar-refractivity contribution in [2.75, 3.05) is 51.4 Å². The lowest BCUT2D eigenvalue weighted by atomic mass is 10.3. The number of nitrogens with zero attached hydrogens (tertiary/aromatic N) is 3. The lowest BCUT2D eigenvalue weighted by molar-refractivity contribution is 0.0391. The lowest BCUT2D eigenvalue weighted by Crippen LogP contribution is -2.43. The van der Waals surface area contributed by atoms with Gasteiger partial charge in [-0.3, -0.25) is 14.6 Å². The summed E-state index contributed by atoms with van der Waals surface area (Å²) in [6.07, 6.45) is 0. The van der Waals surface area contributed by atoms with Crippen molar-refractivity contribution in [2.45, 2.75) is 0 Å². The molecule has 2 aromatic heterocycles. The van der Waals surface area contributed by atoms with E-state index in [1.165, 1.54) is 22.7 Å². The van der Waals surface area contributed by atoms with Gasteiger partial charge in [0, 0.05) is 26.2 Å². The van der Waals surface area contributed by atoms with Gasteiger partial charge in [0.25, 0.3) is 5.91 Å². The van der Waals surface area contributed by atoms with Crippen LogP contribution in [-0.4, -0.2) is 62.3 Å². The monoisotopic (exact) mass is 473 g/mol. The van der Waals surface area contributed by atoms with Crippen LogP contribution in [0.25, 0.3) is 10.2 Å². The SMILES string of the molecule is COc1ccc2nc(N(CCN3CCOCC3)C(=O)c3ccc(Cl)s3)sc2c1.Cl. The van der Waals surface area contributed by atoms with E-state index in [1.54, 1.807) is 24.1 Å². The number of morpholine rings is 1. The van der Waals surface area contributed by atoms with E-state index >= 15 is 0 Å². The van der Waals surface area contributed by atoms with E-state index in [2.05, 4.69) is 4.90 Å². The molecule has 0 unspecified atom stereocenters. The van der Waals surface area contributed by atoms with E-state index in [-0.39, 0.29) is 18.3 Å². The zero-order valence-electron chi connectivity index (χ0n) is 15.8. The van der Waals surface area contributed by atoms with Gasteiger partial charge in [-0.25, -0.2) is 4.98 Å². The number of carbonyl (C=O) groups is 1. The third kappa shape index (κ3) is 5.20. The second kappa shape index (κ2) is 10.1. The first kappa shape index (κ1) is 22.3. The highest BCUT2D eigenvalue weighted by Gasteiger charge is 2.24. The molecule has 0 atom stereocenters. The van der Waals surface area contributed by atoms with Gasteiger partial charge in [-0.15, -0.1) is 23.7 Å². The van der Waals surface area contributed by atoms with Gasteiger partial charge in [0.05, 0.1) is 39.8 Å². The molecule has 4 rings (SSSR count). The molecule has 1 aliphatic rings. The summed E-state index contributed by atoms with van der Waals surface area (Å²) in [5, 5.41) is 0.686. The molecule has 1 saturated heterocycles. The summed E-state index contributed by atoms with van der Waals surface area (Å²) in [5.41, 5.74) is 0.856. The van der Waals surface area contributed by atoms with Crippen molar-refractivity contribution in [1.29, 1.82) is 0 Å². The molecule has 0 radical (unpaired) electrons. The van der Waals surface area contributed by atoms with Gasteiger partial charge in [-0.1, -0.05) is 22.9 Å². The van der Waals surface area contributed by atoms with E-state index in [1.807, 2.05) is 18.2 Å². The van der Waals surface area contributed by atoms with E-state index < -0.39 is 0 Å². The maximum atomic E-state index is 13.2. The van der Waals surface area contributed by atoms with E-state index in [4.69, 9.17) is 26.1 Å². The minimum atomic E-state index is -0.0730. The Morgan fingerprint density at radius 1 is 1.28 bits per heavy atom. The van der Waals surface area contributed by atoms with Crippen molar-refractivity contribution in [3.63, 3.8) is 0 Å². The van der Waals surface area contributed by atoms with E-state index in [9.17, 15) is 4.79 Å². The average molecular weight is 474 g/mol. The number of thiophene rings is 1. The maximum Gasteiger partial charge on any atom is 0.270 e. The number of halogens is 2. The number of hydrogen-bond acceptors (Lipinski definition) is 7. The third-order valence-electron chi connectivity index (χ3n) is 4.59. The van der Waals surface area contributed by atoms with Gasteiger partial charge < -0.3 is 9.47 Å². The van der Waals surface area contributed by atoms with Crippen molar-refractivity contribution < 1.29 is 14.3 Å². The van der Waals surface area contributed by atoms with E-state index in [0.717, 1.165) is 48.8 Å². The van der Waals surface area contributed by atoms with Crippen molar-refractivity contribution in [3.05, 3.63) is 39.5 Å². The number of carbonyl (C=O) groups excluding carboxylic acids is 1. The van der Waals surface area contributed by atoms with Crippen molar-refractivity contribution in [2.24, 2.45) is 0 Å². The average Bonchev–Trinajstić information content (AvgIpc) is 3.34. The van der Waals surface area contributed by atoms with Gasteiger partial charge >= 0.3 is 0 Å². The summed E-state index contributed by atoms with van der Waals surface area (Å²) in [6.45, 7) is 4.55. The standard InChI is InChI=1S/C19H20ClN3O3S2.ClH/c1-25-13-2-3-14-16(12-13)28-19(21-14)23(7-6-22-8-10-26-11-9-22)18(24)15-4-5-17(20)27-15;/h2-5,12H,6-11H2,1H3;1H. The number of ether oxygens (including phenoxy) is 2. The Morgan fingerprint density at radius 2 is 2.07 bits per heavy atom. The zero-order valence-corrected chi connectivity index (χ0v) is 19.0. The van der Waals surface area contributed by atoms with Crippen LogP contribution in [0.15, 0.2) is 30.3 Å². The summed E-state index contributed by atoms with van der Waals surface area (Å²) >= 11 is 8.83. The highest BCUT2D eigenvalue weighted by Crippen LogP contribution is 2.33. The number of thiazole rings is 1. The highest BCUT2D eigenvalue weighted by atomic mass is 35.5. The normalized spacial score (nSPS) is 14.6. The molecule has 6 nitrogen and oxygen atoms in total. The number of fused-ring (bicyclic) bond motifs is 1. The quantitative estimate of drug-likeness (QED) is 0.530. The molecule has 3 heterocycles. The smallest absolute Gasteiger partial charge is 0.270 e. The van der Waals surface area contributed by atoms with Gasteiger partial charge in [0.15, 0.2) is 5.13 Å². The Kier molecular flexibility index (Phi) is 7.72. The first-order chi connectivity index (χ1) is 13.6. The van der Waals surface area contributed by atoms with Crippen LogP contribution < -0.4 is 9.64 Å². The molecule has 1 fully saturated rings. The second-order valence-corrected chi connectivity index (χ2v) is 9.07. The van der Waals surface area contributed by atoms with Crippen molar-refractivity contribution >= 4 is 67.9 Å². The van der Waals surface area contributed by atoms with Crippen molar-refractivity contribution in [3.8, 4) is 5.75 Å². The molecule has 0 saturated carbocycles. The van der Waals surface area contributed by atoms with Crippen LogP contribution >= 0.6 is 46.7 Å².